The molecule has 0 aliphatic carbocycles. The number of rotatable bonds is 3. The van der Waals surface area contributed by atoms with E-state index in [2.05, 4.69) is 11.8 Å². The molecule has 1 aliphatic heterocycles. The van der Waals surface area contributed by atoms with E-state index in [1.54, 1.807) is 24.3 Å². The second kappa shape index (κ2) is 7.13. The Kier molecular flexibility index (Phi) is 5.21. The maximum absolute atomic E-state index is 12.2. The van der Waals surface area contributed by atoms with Crippen LogP contribution in [0.25, 0.3) is 0 Å². The molecule has 2 rings (SSSR count). The van der Waals surface area contributed by atoms with Crippen LogP contribution in [0.4, 0.5) is 0 Å². The summed E-state index contributed by atoms with van der Waals surface area (Å²) in [4.78, 5) is 24.9. The van der Waals surface area contributed by atoms with Crippen LogP contribution < -0.4 is 0 Å². The molecule has 0 aromatic heterocycles. The van der Waals surface area contributed by atoms with Gasteiger partial charge < -0.3 is 10.0 Å². The van der Waals surface area contributed by atoms with Crippen LogP contribution in [0.2, 0.25) is 0 Å². The Hall–Kier alpha value is -2.28. The summed E-state index contributed by atoms with van der Waals surface area (Å²) in [6.07, 6.45) is 2.46. The lowest BCUT2D eigenvalue weighted by Crippen LogP contribution is -2.35. The number of likely N-dealkylation sites (tertiary alicyclic amines) is 1. The highest BCUT2D eigenvalue weighted by atomic mass is 16.4. The van der Waals surface area contributed by atoms with Gasteiger partial charge in [0.05, 0.1) is 11.6 Å². The van der Waals surface area contributed by atoms with Crippen molar-refractivity contribution in [2.75, 3.05) is 6.54 Å². The Morgan fingerprint density at radius 2 is 2.00 bits per heavy atom. The molecule has 22 heavy (non-hydrogen) atoms. The molecule has 0 radical (unpaired) electrons. The second-order valence-electron chi connectivity index (χ2n) is 5.99. The summed E-state index contributed by atoms with van der Waals surface area (Å²) in [5.41, 5.74) is 1.02. The van der Waals surface area contributed by atoms with Crippen molar-refractivity contribution in [1.82, 2.24) is 4.90 Å². The van der Waals surface area contributed by atoms with Crippen LogP contribution in [-0.2, 0) is 4.79 Å². The number of hydrogen-bond acceptors (Lipinski definition) is 2. The first-order valence-corrected chi connectivity index (χ1v) is 7.61. The van der Waals surface area contributed by atoms with Crippen LogP contribution in [0.1, 0.15) is 49.0 Å². The quantitative estimate of drug-likeness (QED) is 0.873. The van der Waals surface area contributed by atoms with Gasteiger partial charge in [-0.3, -0.25) is 4.79 Å². The molecular weight excluding hydrogens is 278 g/mol. The zero-order valence-corrected chi connectivity index (χ0v) is 13.0. The Morgan fingerprint density at radius 3 is 2.59 bits per heavy atom. The average molecular weight is 299 g/mol. The Bertz CT molecular complexity index is 607. The zero-order valence-electron chi connectivity index (χ0n) is 13.0. The highest BCUT2D eigenvalue weighted by Gasteiger charge is 2.27. The van der Waals surface area contributed by atoms with Crippen molar-refractivity contribution < 1.29 is 14.7 Å². The summed E-state index contributed by atoms with van der Waals surface area (Å²) in [6, 6.07) is 6.47. The fourth-order valence-electron chi connectivity index (χ4n) is 2.54. The van der Waals surface area contributed by atoms with Gasteiger partial charge >= 0.3 is 5.97 Å². The summed E-state index contributed by atoms with van der Waals surface area (Å²) in [5.74, 6) is 5.80. The number of amides is 1. The zero-order chi connectivity index (χ0) is 16.1. The van der Waals surface area contributed by atoms with Gasteiger partial charge in [-0.05, 0) is 43.0 Å². The summed E-state index contributed by atoms with van der Waals surface area (Å²) in [5, 5.41) is 8.87. The monoisotopic (exact) mass is 299 g/mol. The van der Waals surface area contributed by atoms with Gasteiger partial charge in [0.25, 0.3) is 0 Å². The predicted octanol–water partition coefficient (Wildman–Crippen LogP) is 2.77. The number of carbonyl (C=O) groups is 2. The predicted molar refractivity (Wildman–Crippen MR) is 84.5 cm³/mol. The smallest absolute Gasteiger partial charge is 0.335 e. The lowest BCUT2D eigenvalue weighted by molar-refractivity contribution is -0.131. The first-order valence-electron chi connectivity index (χ1n) is 7.61. The van der Waals surface area contributed by atoms with Crippen molar-refractivity contribution in [2.45, 2.75) is 39.2 Å². The van der Waals surface area contributed by atoms with Crippen molar-refractivity contribution in [3.05, 3.63) is 35.4 Å². The van der Waals surface area contributed by atoms with E-state index in [4.69, 9.17) is 5.11 Å². The minimum absolute atomic E-state index is 0.0228. The van der Waals surface area contributed by atoms with E-state index in [9.17, 15) is 9.59 Å². The number of carboxylic acid groups (broad SMARTS) is 1. The van der Waals surface area contributed by atoms with E-state index in [1.165, 1.54) is 0 Å². The van der Waals surface area contributed by atoms with E-state index >= 15 is 0 Å². The van der Waals surface area contributed by atoms with Crippen LogP contribution in [0, 0.1) is 17.8 Å². The SMILES string of the molecule is CC(C)CC(=O)N1CCCC1C#Cc1ccc(C(=O)O)cc1. The third kappa shape index (κ3) is 4.11. The van der Waals surface area contributed by atoms with E-state index in [-0.39, 0.29) is 17.5 Å². The number of nitrogens with zero attached hydrogens (tertiary/aromatic N) is 1. The van der Waals surface area contributed by atoms with Crippen LogP contribution in [-0.4, -0.2) is 34.5 Å². The summed E-state index contributed by atoms with van der Waals surface area (Å²) in [7, 11) is 0. The van der Waals surface area contributed by atoms with Crippen molar-refractivity contribution in [3.63, 3.8) is 0 Å². The molecule has 116 valence electrons. The largest absolute Gasteiger partial charge is 0.478 e. The molecule has 1 N–H and O–H groups in total. The first kappa shape index (κ1) is 16.1. The molecule has 0 spiro atoms. The van der Waals surface area contributed by atoms with Gasteiger partial charge in [0.2, 0.25) is 5.91 Å². The number of aromatic carboxylic acids is 1. The summed E-state index contributed by atoms with van der Waals surface area (Å²) in [6.45, 7) is 4.86. The van der Waals surface area contributed by atoms with E-state index in [1.807, 2.05) is 18.7 Å². The van der Waals surface area contributed by atoms with Gasteiger partial charge in [0.1, 0.15) is 0 Å². The van der Waals surface area contributed by atoms with Crippen LogP contribution in [0.15, 0.2) is 24.3 Å². The molecule has 1 fully saturated rings. The average Bonchev–Trinajstić information content (AvgIpc) is 2.93. The molecule has 1 unspecified atom stereocenters. The van der Waals surface area contributed by atoms with Crippen LogP contribution in [0.3, 0.4) is 0 Å². The lowest BCUT2D eigenvalue weighted by Gasteiger charge is -2.21. The minimum atomic E-state index is -0.944. The Labute approximate surface area is 131 Å². The number of carboxylic acids is 1. The van der Waals surface area contributed by atoms with Crippen molar-refractivity contribution >= 4 is 11.9 Å². The standard InChI is InChI=1S/C18H21NO3/c1-13(2)12-17(20)19-11-3-4-16(19)10-7-14-5-8-15(9-6-14)18(21)22/h5-6,8-9,13,16H,3-4,11-12H2,1-2H3,(H,21,22). The lowest BCUT2D eigenvalue weighted by atomic mass is 10.1. The van der Waals surface area contributed by atoms with Gasteiger partial charge in [-0.2, -0.15) is 0 Å². The van der Waals surface area contributed by atoms with Gasteiger partial charge in [0.15, 0.2) is 0 Å². The van der Waals surface area contributed by atoms with Gasteiger partial charge in [0, 0.05) is 18.5 Å². The van der Waals surface area contributed by atoms with Gasteiger partial charge in [-0.25, -0.2) is 4.79 Å². The van der Waals surface area contributed by atoms with Crippen molar-refractivity contribution in [2.24, 2.45) is 5.92 Å². The van der Waals surface area contributed by atoms with Crippen molar-refractivity contribution in [3.8, 4) is 11.8 Å². The van der Waals surface area contributed by atoms with Gasteiger partial charge in [-0.15, -0.1) is 0 Å². The second-order valence-corrected chi connectivity index (χ2v) is 5.99. The first-order chi connectivity index (χ1) is 10.5. The fourth-order valence-corrected chi connectivity index (χ4v) is 2.54. The fraction of sp³-hybridized carbons (Fsp3) is 0.444. The molecule has 0 bridgehead atoms. The third-order valence-electron chi connectivity index (χ3n) is 3.67. The molecular formula is C18H21NO3. The summed E-state index contributed by atoms with van der Waals surface area (Å²) >= 11 is 0. The van der Waals surface area contributed by atoms with Crippen LogP contribution >= 0.6 is 0 Å². The third-order valence-corrected chi connectivity index (χ3v) is 3.67. The molecule has 4 heteroatoms. The van der Waals surface area contributed by atoms with Crippen molar-refractivity contribution in [1.29, 1.82) is 0 Å². The Balaban J connectivity index is 2.06. The van der Waals surface area contributed by atoms with Gasteiger partial charge in [-0.1, -0.05) is 25.7 Å². The molecule has 0 saturated carbocycles. The molecule has 1 aromatic rings. The normalized spacial score (nSPS) is 17.2. The number of hydrogen-bond donors (Lipinski definition) is 1. The van der Waals surface area contributed by atoms with E-state index < -0.39 is 5.97 Å². The molecule has 1 heterocycles. The van der Waals surface area contributed by atoms with E-state index in [0.29, 0.717) is 12.3 Å². The highest BCUT2D eigenvalue weighted by molar-refractivity contribution is 5.87. The molecule has 4 nitrogen and oxygen atoms in total. The molecule has 1 aliphatic rings. The highest BCUT2D eigenvalue weighted by Crippen LogP contribution is 2.19. The molecule has 1 amide bonds. The summed E-state index contributed by atoms with van der Waals surface area (Å²) < 4.78 is 0. The topological polar surface area (TPSA) is 57.6 Å². The maximum Gasteiger partial charge on any atom is 0.335 e. The molecule has 1 atom stereocenters. The minimum Gasteiger partial charge on any atom is -0.478 e. The number of benzene rings is 1. The molecule has 1 aromatic carbocycles. The van der Waals surface area contributed by atoms with Crippen LogP contribution in [0.5, 0.6) is 0 Å². The van der Waals surface area contributed by atoms with E-state index in [0.717, 1.165) is 24.9 Å². The molecule has 1 saturated heterocycles. The number of carbonyl (C=O) groups excluding carboxylic acids is 1. The Morgan fingerprint density at radius 1 is 1.32 bits per heavy atom. The maximum atomic E-state index is 12.2.